The van der Waals surface area contributed by atoms with Gasteiger partial charge in [0.15, 0.2) is 0 Å². The number of aliphatic hydroxyl groups excluding tert-OH is 1. The fraction of sp³-hybridized carbons (Fsp3) is 0.286. The molecule has 0 bridgehead atoms. The summed E-state index contributed by atoms with van der Waals surface area (Å²) >= 11 is 0. The summed E-state index contributed by atoms with van der Waals surface area (Å²) in [5.41, 5.74) is 2.08. The van der Waals surface area contributed by atoms with Gasteiger partial charge in [0.2, 0.25) is 0 Å². The van der Waals surface area contributed by atoms with Crippen LogP contribution in [-0.2, 0) is 0 Å². The van der Waals surface area contributed by atoms with E-state index in [0.29, 0.717) is 0 Å². The lowest BCUT2D eigenvalue weighted by atomic mass is 9.97. The Morgan fingerprint density at radius 2 is 1.93 bits per heavy atom. The molecule has 0 aromatic heterocycles. The number of hydrogen-bond donors (Lipinski definition) is 1. The van der Waals surface area contributed by atoms with Crippen molar-refractivity contribution in [3.63, 3.8) is 0 Å². The van der Waals surface area contributed by atoms with E-state index >= 15 is 0 Å². The molecule has 1 unspecified atom stereocenters. The van der Waals surface area contributed by atoms with Gasteiger partial charge in [0.1, 0.15) is 0 Å². The van der Waals surface area contributed by atoms with E-state index in [9.17, 15) is 5.11 Å². The van der Waals surface area contributed by atoms with Crippen molar-refractivity contribution in [2.45, 2.75) is 20.0 Å². The maximum atomic E-state index is 9.91. The molecule has 2 atom stereocenters. The number of hydrogen-bond acceptors (Lipinski definition) is 1. The summed E-state index contributed by atoms with van der Waals surface area (Å²) in [4.78, 5) is 0. The van der Waals surface area contributed by atoms with Crippen LogP contribution in [0.3, 0.4) is 0 Å². The Labute approximate surface area is 91.8 Å². The van der Waals surface area contributed by atoms with Gasteiger partial charge in [0, 0.05) is 5.92 Å². The average Bonchev–Trinajstić information content (AvgIpc) is 2.28. The van der Waals surface area contributed by atoms with E-state index in [1.165, 1.54) is 0 Å². The van der Waals surface area contributed by atoms with Gasteiger partial charge in [-0.05, 0) is 18.1 Å². The van der Waals surface area contributed by atoms with E-state index in [2.05, 4.69) is 6.58 Å². The molecule has 0 spiro atoms. The summed E-state index contributed by atoms with van der Waals surface area (Å²) in [7, 11) is 0. The molecule has 0 heterocycles. The van der Waals surface area contributed by atoms with Crippen molar-refractivity contribution >= 4 is 6.08 Å². The van der Waals surface area contributed by atoms with Gasteiger partial charge in [0.05, 0.1) is 6.10 Å². The van der Waals surface area contributed by atoms with Crippen molar-refractivity contribution in [3.8, 4) is 0 Å². The molecular formula is C14H18O. The Bertz CT molecular complexity index is 338. The third-order valence-corrected chi connectivity index (χ3v) is 2.53. The maximum Gasteiger partial charge on any atom is 0.0810 e. The van der Waals surface area contributed by atoms with E-state index in [1.807, 2.05) is 50.3 Å². The predicted molar refractivity (Wildman–Crippen MR) is 65.5 cm³/mol. The lowest BCUT2D eigenvalue weighted by molar-refractivity contribution is 0.174. The molecule has 1 N–H and O–H groups in total. The van der Waals surface area contributed by atoms with Gasteiger partial charge >= 0.3 is 0 Å². The van der Waals surface area contributed by atoms with Crippen molar-refractivity contribution < 1.29 is 5.11 Å². The SMILES string of the molecule is C=C[C@H](C)C(O)/C(C)=C/c1ccccc1. The highest BCUT2D eigenvalue weighted by molar-refractivity contribution is 5.53. The molecule has 0 amide bonds. The van der Waals surface area contributed by atoms with E-state index < -0.39 is 6.10 Å². The van der Waals surface area contributed by atoms with Gasteiger partial charge in [-0.25, -0.2) is 0 Å². The molecule has 0 saturated heterocycles. The van der Waals surface area contributed by atoms with Crippen LogP contribution < -0.4 is 0 Å². The molecule has 15 heavy (non-hydrogen) atoms. The molecule has 1 aromatic rings. The van der Waals surface area contributed by atoms with Crippen molar-refractivity contribution in [1.82, 2.24) is 0 Å². The van der Waals surface area contributed by atoms with Crippen LogP contribution in [0.4, 0.5) is 0 Å². The standard InChI is InChI=1S/C14H18O/c1-4-11(2)14(15)12(3)10-13-8-6-5-7-9-13/h4-11,14-15H,1H2,2-3H3/b12-10+/t11-,14?/m0/s1. The first-order valence-corrected chi connectivity index (χ1v) is 5.19. The fourth-order valence-electron chi connectivity index (χ4n) is 1.44. The molecule has 0 aliphatic carbocycles. The van der Waals surface area contributed by atoms with E-state index in [4.69, 9.17) is 0 Å². The number of benzene rings is 1. The summed E-state index contributed by atoms with van der Waals surface area (Å²) in [5.74, 6) is 0.0879. The fourth-order valence-corrected chi connectivity index (χ4v) is 1.44. The Morgan fingerprint density at radius 1 is 1.33 bits per heavy atom. The summed E-state index contributed by atoms with van der Waals surface area (Å²) in [6, 6.07) is 10.0. The normalized spacial score (nSPS) is 15.8. The Kier molecular flexibility index (Phi) is 4.32. The van der Waals surface area contributed by atoms with Crippen LogP contribution in [-0.4, -0.2) is 11.2 Å². The van der Waals surface area contributed by atoms with Crippen LogP contribution in [0.1, 0.15) is 19.4 Å². The first-order chi connectivity index (χ1) is 7.15. The van der Waals surface area contributed by atoms with Gasteiger partial charge in [-0.2, -0.15) is 0 Å². The van der Waals surface area contributed by atoms with Crippen molar-refractivity contribution in [1.29, 1.82) is 0 Å². The molecule has 0 fully saturated rings. The van der Waals surface area contributed by atoms with Crippen molar-refractivity contribution in [2.24, 2.45) is 5.92 Å². The van der Waals surface area contributed by atoms with E-state index in [0.717, 1.165) is 11.1 Å². The average molecular weight is 202 g/mol. The van der Waals surface area contributed by atoms with Crippen LogP contribution in [0.15, 0.2) is 48.6 Å². The summed E-state index contributed by atoms with van der Waals surface area (Å²) in [6.07, 6.45) is 3.33. The zero-order chi connectivity index (χ0) is 11.3. The van der Waals surface area contributed by atoms with Crippen LogP contribution in [0.25, 0.3) is 6.08 Å². The highest BCUT2D eigenvalue weighted by Gasteiger charge is 2.12. The molecule has 0 aliphatic heterocycles. The number of rotatable bonds is 4. The topological polar surface area (TPSA) is 20.2 Å². The molecule has 0 saturated carbocycles. The van der Waals surface area contributed by atoms with Crippen LogP contribution in [0.2, 0.25) is 0 Å². The van der Waals surface area contributed by atoms with Crippen molar-refractivity contribution in [3.05, 3.63) is 54.1 Å². The summed E-state index contributed by atoms with van der Waals surface area (Å²) in [6.45, 7) is 7.58. The third kappa shape index (κ3) is 3.37. The minimum Gasteiger partial charge on any atom is -0.388 e. The second-order valence-electron chi connectivity index (χ2n) is 3.84. The van der Waals surface area contributed by atoms with Crippen LogP contribution in [0, 0.1) is 5.92 Å². The second kappa shape index (κ2) is 5.52. The highest BCUT2D eigenvalue weighted by atomic mass is 16.3. The Morgan fingerprint density at radius 3 is 2.47 bits per heavy atom. The molecule has 1 rings (SSSR count). The minimum atomic E-state index is -0.442. The van der Waals surface area contributed by atoms with Crippen LogP contribution >= 0.6 is 0 Å². The first kappa shape index (κ1) is 11.7. The smallest absolute Gasteiger partial charge is 0.0810 e. The molecule has 0 radical (unpaired) electrons. The zero-order valence-electron chi connectivity index (χ0n) is 9.35. The lowest BCUT2D eigenvalue weighted by Gasteiger charge is -2.15. The van der Waals surface area contributed by atoms with E-state index in [1.54, 1.807) is 6.08 Å². The Balaban J connectivity index is 2.80. The summed E-state index contributed by atoms with van der Waals surface area (Å²) in [5, 5.41) is 9.91. The maximum absolute atomic E-state index is 9.91. The molecule has 1 aromatic carbocycles. The predicted octanol–water partition coefficient (Wildman–Crippen LogP) is 3.27. The third-order valence-electron chi connectivity index (χ3n) is 2.53. The highest BCUT2D eigenvalue weighted by Crippen LogP contribution is 2.16. The monoisotopic (exact) mass is 202 g/mol. The lowest BCUT2D eigenvalue weighted by Crippen LogP contribution is -2.16. The zero-order valence-corrected chi connectivity index (χ0v) is 9.35. The molecule has 1 heteroatoms. The van der Waals surface area contributed by atoms with Gasteiger partial charge in [-0.15, -0.1) is 6.58 Å². The first-order valence-electron chi connectivity index (χ1n) is 5.19. The molecule has 1 nitrogen and oxygen atoms in total. The molecule has 80 valence electrons. The largest absolute Gasteiger partial charge is 0.388 e. The Hall–Kier alpha value is -1.34. The molecule has 0 aliphatic rings. The quantitative estimate of drug-likeness (QED) is 0.743. The van der Waals surface area contributed by atoms with E-state index in [-0.39, 0.29) is 5.92 Å². The summed E-state index contributed by atoms with van der Waals surface area (Å²) < 4.78 is 0. The van der Waals surface area contributed by atoms with Crippen molar-refractivity contribution in [2.75, 3.05) is 0 Å². The number of aliphatic hydroxyl groups is 1. The minimum absolute atomic E-state index is 0.0879. The van der Waals surface area contributed by atoms with Gasteiger partial charge in [-0.1, -0.05) is 49.4 Å². The second-order valence-corrected chi connectivity index (χ2v) is 3.84. The molecular weight excluding hydrogens is 184 g/mol. The van der Waals surface area contributed by atoms with Crippen LogP contribution in [0.5, 0.6) is 0 Å². The van der Waals surface area contributed by atoms with Gasteiger partial charge < -0.3 is 5.11 Å². The van der Waals surface area contributed by atoms with Gasteiger partial charge in [-0.3, -0.25) is 0 Å². The van der Waals surface area contributed by atoms with Gasteiger partial charge in [0.25, 0.3) is 0 Å².